The Labute approximate surface area is 495 Å². The minimum Gasteiger partial charge on any atom is -0.457 e. The molecule has 0 bridgehead atoms. The van der Waals surface area contributed by atoms with Crippen molar-refractivity contribution in [3.8, 4) is 0 Å². The first-order chi connectivity index (χ1) is 39.6. The van der Waals surface area contributed by atoms with Crippen LogP contribution in [0.15, 0.2) is 220 Å². The molecule has 5 aliphatic carbocycles. The normalized spacial score (nSPS) is 17.2. The molecule has 0 aromatic heterocycles. The lowest BCUT2D eigenvalue weighted by Crippen LogP contribution is -2.28. The molecule has 0 heterocycles. The summed E-state index contributed by atoms with van der Waals surface area (Å²) in [4.78, 5) is 91.0. The van der Waals surface area contributed by atoms with Gasteiger partial charge in [0.2, 0.25) is 5.78 Å². The van der Waals surface area contributed by atoms with Crippen LogP contribution in [0.4, 0.5) is 0 Å². The van der Waals surface area contributed by atoms with Crippen molar-refractivity contribution in [3.63, 3.8) is 0 Å². The highest BCUT2D eigenvalue weighted by molar-refractivity contribution is 6.46. The first-order valence-electron chi connectivity index (χ1n) is 28.9. The van der Waals surface area contributed by atoms with Gasteiger partial charge in [0.1, 0.15) is 12.2 Å². The third kappa shape index (κ3) is 12.4. The number of allylic oxidation sites excluding steroid dienone is 17. The minimum absolute atomic E-state index is 0.0222. The zero-order valence-corrected chi connectivity index (χ0v) is 51.1. The molecule has 0 N–H and O–H groups in total. The van der Waals surface area contributed by atoms with Crippen LogP contribution in [0.5, 0.6) is 0 Å². The summed E-state index contributed by atoms with van der Waals surface area (Å²) in [5.74, 6) is -1.21. The van der Waals surface area contributed by atoms with Gasteiger partial charge in [-0.15, -0.1) is 0 Å². The maximum Gasteiger partial charge on any atom is 0.343 e. The van der Waals surface area contributed by atoms with Gasteiger partial charge in [0.25, 0.3) is 0 Å². The Hall–Kier alpha value is -8.75. The van der Waals surface area contributed by atoms with Crippen molar-refractivity contribution in [2.24, 2.45) is 21.7 Å². The average Bonchev–Trinajstić information content (AvgIpc) is 3.51. The first-order valence-corrected chi connectivity index (χ1v) is 28.9. The molecule has 5 aromatic rings. The molecule has 428 valence electrons. The molecule has 0 aliphatic heterocycles. The number of hydrogen-bond acceptors (Lipinski definition) is 8. The van der Waals surface area contributed by atoms with Crippen LogP contribution >= 0.6 is 0 Å². The number of hydrogen-bond donors (Lipinski definition) is 0. The van der Waals surface area contributed by atoms with Crippen LogP contribution in [0, 0.1) is 21.7 Å². The summed E-state index contributed by atoms with van der Waals surface area (Å²) in [7, 11) is 0. The molecule has 5 aliphatic rings. The van der Waals surface area contributed by atoms with E-state index in [1.165, 1.54) is 0 Å². The number of Topliss-reactive ketones (excluding diaryl/α,β-unsaturated/α-hetero) is 6. The second-order valence-electron chi connectivity index (χ2n) is 25.4. The van der Waals surface area contributed by atoms with E-state index in [0.29, 0.717) is 11.1 Å². The van der Waals surface area contributed by atoms with E-state index in [9.17, 15) is 33.6 Å². The zero-order chi connectivity index (χ0) is 61.2. The Morgan fingerprint density at radius 2 is 0.738 bits per heavy atom. The predicted molar refractivity (Wildman–Crippen MR) is 337 cm³/mol. The largest absolute Gasteiger partial charge is 0.457 e. The van der Waals surface area contributed by atoms with Gasteiger partial charge in [0.15, 0.2) is 28.9 Å². The van der Waals surface area contributed by atoms with E-state index < -0.39 is 11.8 Å². The molecular weight excluding hydrogens is 1040 g/mol. The molecule has 0 saturated carbocycles. The topological polar surface area (TPSA) is 129 Å². The number of ketones is 6. The number of benzene rings is 5. The van der Waals surface area contributed by atoms with E-state index in [-0.39, 0.29) is 73.9 Å². The molecule has 0 spiro atoms. The molecule has 0 amide bonds. The van der Waals surface area contributed by atoms with Crippen molar-refractivity contribution >= 4 is 57.4 Å². The van der Waals surface area contributed by atoms with Gasteiger partial charge in [-0.1, -0.05) is 217 Å². The van der Waals surface area contributed by atoms with Gasteiger partial charge in [-0.25, -0.2) is 4.79 Å². The number of esters is 1. The van der Waals surface area contributed by atoms with Crippen molar-refractivity contribution in [1.29, 1.82) is 0 Å². The third-order valence-corrected chi connectivity index (χ3v) is 16.6. The van der Waals surface area contributed by atoms with Crippen LogP contribution in [0.25, 0.3) is 16.7 Å². The Balaban J connectivity index is 0.000000166. The van der Waals surface area contributed by atoms with Crippen LogP contribution < -0.4 is 0 Å². The highest BCUT2D eigenvalue weighted by atomic mass is 16.5. The second-order valence-corrected chi connectivity index (χ2v) is 25.4. The molecular formula is C76H76O8. The van der Waals surface area contributed by atoms with Crippen molar-refractivity contribution < 1.29 is 38.3 Å². The summed E-state index contributed by atoms with van der Waals surface area (Å²) >= 11 is 0. The highest BCUT2D eigenvalue weighted by Crippen LogP contribution is 2.47. The fraction of sp³-hybridized carbons (Fsp3) is 0.276. The van der Waals surface area contributed by atoms with Gasteiger partial charge in [-0.2, -0.15) is 0 Å². The van der Waals surface area contributed by atoms with Crippen LogP contribution in [0.2, 0.25) is 0 Å². The van der Waals surface area contributed by atoms with Crippen LogP contribution in [0.3, 0.4) is 0 Å². The van der Waals surface area contributed by atoms with Gasteiger partial charge >= 0.3 is 5.97 Å². The maximum absolute atomic E-state index is 13.5. The first kappa shape index (κ1) is 61.3. The second kappa shape index (κ2) is 24.2. The van der Waals surface area contributed by atoms with E-state index in [4.69, 9.17) is 4.74 Å². The fourth-order valence-electron chi connectivity index (χ4n) is 10.8. The summed E-state index contributed by atoms with van der Waals surface area (Å²) in [6.45, 7) is 28.9. The number of carbonyl (C=O) groups is 7. The molecule has 0 saturated heterocycles. The molecule has 8 nitrogen and oxygen atoms in total. The summed E-state index contributed by atoms with van der Waals surface area (Å²) in [5, 5.41) is 0. The molecule has 10 rings (SSSR count). The monoisotopic (exact) mass is 1120 g/mol. The van der Waals surface area contributed by atoms with E-state index in [1.807, 2.05) is 117 Å². The standard InChI is InChI=1S/C30H32O2.C24H16O4.C22H28O2/c1-7-29(3,4)25-17-23(19-13-9-11-15-21(19)27(25)31)24-18-26(30(5,6)8-2)28(32)22-16-12-10-14-20(22)24;25-22-18-13-7-8-14-19(18)23(26)21(20(22)17-11-5-2-6-12-17)24(27)28-15-16-9-3-1-4-10-16;1-13-9-15(10-14(2)19(13)23)16-11-17(21(3,4)5)20(24)18(12-16)22(6,7)8/h9-18H,7-8H2,1-6H3;1-14H,15H2;9-12H,1-8H3/b24-23+;;. The van der Waals surface area contributed by atoms with E-state index >= 15 is 0 Å². The lowest BCUT2D eigenvalue weighted by molar-refractivity contribution is -0.139. The smallest absolute Gasteiger partial charge is 0.343 e. The number of rotatable bonds is 8. The molecule has 0 unspecified atom stereocenters. The van der Waals surface area contributed by atoms with Crippen molar-refractivity contribution in [2.75, 3.05) is 0 Å². The Bertz CT molecular complexity index is 3720. The summed E-state index contributed by atoms with van der Waals surface area (Å²) in [6.07, 6.45) is 13.8. The van der Waals surface area contributed by atoms with Crippen LogP contribution in [-0.4, -0.2) is 40.7 Å². The Kier molecular flexibility index (Phi) is 17.7. The van der Waals surface area contributed by atoms with Crippen molar-refractivity contribution in [2.45, 2.75) is 116 Å². The molecule has 0 fully saturated rings. The van der Waals surface area contributed by atoms with Crippen LogP contribution in [0.1, 0.15) is 173 Å². The quantitative estimate of drug-likeness (QED) is 0.111. The summed E-state index contributed by atoms with van der Waals surface area (Å²) < 4.78 is 5.38. The van der Waals surface area contributed by atoms with Gasteiger partial charge in [0, 0.05) is 50.1 Å². The summed E-state index contributed by atoms with van der Waals surface area (Å²) in [6, 6.07) is 40.2. The zero-order valence-electron chi connectivity index (χ0n) is 51.1. The lowest BCUT2D eigenvalue weighted by atomic mass is 9.69. The van der Waals surface area contributed by atoms with E-state index in [1.54, 1.807) is 54.6 Å². The Morgan fingerprint density at radius 3 is 1.14 bits per heavy atom. The minimum atomic E-state index is -0.796. The van der Waals surface area contributed by atoms with Gasteiger partial charge in [-0.05, 0) is 140 Å². The number of carbonyl (C=O) groups excluding carboxylic acids is 7. The van der Waals surface area contributed by atoms with Crippen molar-refractivity contribution in [1.82, 2.24) is 0 Å². The van der Waals surface area contributed by atoms with Crippen molar-refractivity contribution in [3.05, 3.63) is 265 Å². The summed E-state index contributed by atoms with van der Waals surface area (Å²) in [5.41, 5.74) is 13.0. The van der Waals surface area contributed by atoms with Crippen LogP contribution in [-0.2, 0) is 25.7 Å². The Morgan fingerprint density at radius 1 is 0.381 bits per heavy atom. The third-order valence-electron chi connectivity index (χ3n) is 16.6. The average molecular weight is 1120 g/mol. The van der Waals surface area contributed by atoms with E-state index in [2.05, 4.69) is 95.2 Å². The molecule has 84 heavy (non-hydrogen) atoms. The lowest BCUT2D eigenvalue weighted by Gasteiger charge is -2.33. The van der Waals surface area contributed by atoms with E-state index in [0.717, 1.165) is 96.4 Å². The predicted octanol–water partition coefficient (Wildman–Crippen LogP) is 17.3. The molecule has 5 aromatic carbocycles. The number of ether oxygens (including phenoxy) is 1. The highest BCUT2D eigenvalue weighted by Gasteiger charge is 2.40. The van der Waals surface area contributed by atoms with Gasteiger partial charge < -0.3 is 4.74 Å². The van der Waals surface area contributed by atoms with Gasteiger partial charge in [0.05, 0.1) is 0 Å². The SMILES string of the molecule is CC1=CC(=C2C=C(C(C)(C)C)C(=O)C(C(C)(C)C)=C2)C=C(C)C1=O.CCC(C)(C)C1=C/C(=C2/C=C(C(C)(C)CC)C(=O)c3ccccc32)c2ccccc2C1=O.O=C(OCc1ccccc1)C1=C(c2ccccc2)C(=O)c2ccccc2C1=O. The molecule has 8 heteroatoms. The molecule has 0 radical (unpaired) electrons. The fourth-order valence-corrected chi connectivity index (χ4v) is 10.8. The number of fused-ring (bicyclic) bond motifs is 3. The maximum atomic E-state index is 13.5. The molecule has 0 atom stereocenters. The van der Waals surface area contributed by atoms with Gasteiger partial charge in [-0.3, -0.25) is 28.8 Å².